The minimum absolute atomic E-state index is 0.0346. The maximum Gasteiger partial charge on any atom is 0.300 e. The minimum atomic E-state index is -0.833. The molecule has 1 aromatic heterocycles. The summed E-state index contributed by atoms with van der Waals surface area (Å²) in [4.78, 5) is 42.4. The Morgan fingerprint density at radius 1 is 1.26 bits per heavy atom. The maximum atomic E-state index is 13.1. The Bertz CT molecular complexity index is 1040. The van der Waals surface area contributed by atoms with Crippen molar-refractivity contribution in [3.63, 3.8) is 0 Å². The number of pyridine rings is 1. The SMILES string of the molecule is CC(=O)O.COc1cc(C(=O)N[C@H]2C[C@H]3CO[C@@H](CC(=O)N(C)C)CN3C2)c2ccccc2n1. The van der Waals surface area contributed by atoms with Crippen LogP contribution in [0.25, 0.3) is 10.9 Å². The Morgan fingerprint density at radius 2 is 1.97 bits per heavy atom. The molecule has 2 N–H and O–H groups in total. The second kappa shape index (κ2) is 11.3. The van der Waals surface area contributed by atoms with E-state index >= 15 is 0 Å². The number of carbonyl (C=O) groups excluding carboxylic acids is 2. The average Bonchev–Trinajstić information content (AvgIpc) is 3.19. The van der Waals surface area contributed by atoms with Gasteiger partial charge in [-0.3, -0.25) is 19.3 Å². The van der Waals surface area contributed by atoms with Crippen molar-refractivity contribution in [2.75, 3.05) is 40.9 Å². The molecule has 0 spiro atoms. The van der Waals surface area contributed by atoms with Crippen molar-refractivity contribution in [1.82, 2.24) is 20.1 Å². The van der Waals surface area contributed by atoms with Crippen LogP contribution in [-0.2, 0) is 14.3 Å². The number of nitrogens with zero attached hydrogens (tertiary/aromatic N) is 3. The van der Waals surface area contributed by atoms with Gasteiger partial charge in [-0.05, 0) is 12.5 Å². The molecule has 0 aliphatic carbocycles. The lowest BCUT2D eigenvalue weighted by atomic mass is 10.1. The fourth-order valence-corrected chi connectivity index (χ4v) is 4.25. The Morgan fingerprint density at radius 3 is 2.65 bits per heavy atom. The lowest BCUT2D eigenvalue weighted by molar-refractivity contribution is -0.135. The van der Waals surface area contributed by atoms with Crippen LogP contribution in [0.1, 0.15) is 30.1 Å². The molecule has 2 fully saturated rings. The van der Waals surface area contributed by atoms with Crippen LogP contribution in [0.3, 0.4) is 0 Å². The van der Waals surface area contributed by atoms with Crippen LogP contribution in [0.15, 0.2) is 30.3 Å². The fraction of sp³-hybridized carbons (Fsp3) is 0.500. The summed E-state index contributed by atoms with van der Waals surface area (Å²) in [6, 6.07) is 9.55. The topological polar surface area (TPSA) is 121 Å². The summed E-state index contributed by atoms with van der Waals surface area (Å²) in [5.74, 6) is -0.470. The number of hydrogen-bond acceptors (Lipinski definition) is 7. The molecule has 10 nitrogen and oxygen atoms in total. The first-order chi connectivity index (χ1) is 16.2. The van der Waals surface area contributed by atoms with E-state index in [4.69, 9.17) is 19.4 Å². The van der Waals surface area contributed by atoms with E-state index in [0.29, 0.717) is 31.0 Å². The number of hydrogen-bond donors (Lipinski definition) is 2. The number of carboxylic acids is 1. The number of aliphatic carboxylic acids is 1. The number of benzene rings is 1. The summed E-state index contributed by atoms with van der Waals surface area (Å²) < 4.78 is 11.2. The van der Waals surface area contributed by atoms with Gasteiger partial charge in [-0.2, -0.15) is 0 Å². The number of ether oxygens (including phenoxy) is 2. The summed E-state index contributed by atoms with van der Waals surface area (Å²) in [6.07, 6.45) is 1.12. The van der Waals surface area contributed by atoms with Gasteiger partial charge in [-0.25, -0.2) is 4.98 Å². The van der Waals surface area contributed by atoms with Gasteiger partial charge in [0.05, 0.1) is 37.3 Å². The lowest BCUT2D eigenvalue weighted by Gasteiger charge is -2.35. The fourth-order valence-electron chi connectivity index (χ4n) is 4.25. The third-order valence-electron chi connectivity index (χ3n) is 5.87. The van der Waals surface area contributed by atoms with Crippen molar-refractivity contribution >= 4 is 28.7 Å². The largest absolute Gasteiger partial charge is 0.481 e. The van der Waals surface area contributed by atoms with Crippen molar-refractivity contribution in [1.29, 1.82) is 0 Å². The Kier molecular flexibility index (Phi) is 8.41. The quantitative estimate of drug-likeness (QED) is 0.670. The van der Waals surface area contributed by atoms with Crippen LogP contribution < -0.4 is 10.1 Å². The minimum Gasteiger partial charge on any atom is -0.481 e. The number of amides is 2. The van der Waals surface area contributed by atoms with Gasteiger partial charge in [0.15, 0.2) is 0 Å². The molecule has 2 amide bonds. The van der Waals surface area contributed by atoms with Crippen molar-refractivity contribution in [2.45, 2.75) is 38.0 Å². The molecule has 2 aliphatic rings. The Labute approximate surface area is 198 Å². The summed E-state index contributed by atoms with van der Waals surface area (Å²) in [6.45, 7) is 3.14. The molecule has 184 valence electrons. The van der Waals surface area contributed by atoms with Crippen LogP contribution in [0.2, 0.25) is 0 Å². The second-order valence-electron chi connectivity index (χ2n) is 8.71. The standard InChI is InChI=1S/C22H28N4O4.C2H4O2/c1-25(2)21(27)9-16-12-26-11-14(8-15(26)13-30-16)23-22(28)18-10-20(29-3)24-19-7-5-4-6-17(18)19;1-2(3)4/h4-7,10,14-16H,8-9,11-13H2,1-3H3,(H,23,28);1H3,(H,3,4)/t14-,15-,16-;/m0./s1. The highest BCUT2D eigenvalue weighted by Crippen LogP contribution is 2.26. The predicted octanol–water partition coefficient (Wildman–Crippen LogP) is 1.38. The van der Waals surface area contributed by atoms with Gasteiger partial charge in [0.25, 0.3) is 11.9 Å². The number of methoxy groups -OCH3 is 1. The van der Waals surface area contributed by atoms with Gasteiger partial charge in [-0.15, -0.1) is 0 Å². The molecule has 2 aliphatic heterocycles. The summed E-state index contributed by atoms with van der Waals surface area (Å²) >= 11 is 0. The molecule has 0 radical (unpaired) electrons. The van der Waals surface area contributed by atoms with Crippen molar-refractivity contribution in [2.24, 2.45) is 0 Å². The molecule has 3 heterocycles. The lowest BCUT2D eigenvalue weighted by Crippen LogP contribution is -2.47. The number of nitrogens with one attached hydrogen (secondary N) is 1. The molecule has 2 saturated heterocycles. The molecule has 3 atom stereocenters. The highest BCUT2D eigenvalue weighted by Gasteiger charge is 2.38. The number of para-hydroxylation sites is 1. The van der Waals surface area contributed by atoms with E-state index in [1.807, 2.05) is 24.3 Å². The molecule has 4 rings (SSSR count). The molecular formula is C24H32N4O6. The van der Waals surface area contributed by atoms with Gasteiger partial charge in [0, 0.05) is 57.6 Å². The summed E-state index contributed by atoms with van der Waals surface area (Å²) in [7, 11) is 5.06. The number of fused-ring (bicyclic) bond motifs is 2. The molecule has 1 aromatic carbocycles. The van der Waals surface area contributed by atoms with E-state index < -0.39 is 5.97 Å². The second-order valence-corrected chi connectivity index (χ2v) is 8.71. The molecule has 34 heavy (non-hydrogen) atoms. The van der Waals surface area contributed by atoms with Crippen LogP contribution in [0.4, 0.5) is 0 Å². The van der Waals surface area contributed by atoms with E-state index in [1.54, 1.807) is 32.2 Å². The molecular weight excluding hydrogens is 440 g/mol. The van der Waals surface area contributed by atoms with Gasteiger partial charge < -0.3 is 24.8 Å². The van der Waals surface area contributed by atoms with Crippen molar-refractivity contribution in [3.05, 3.63) is 35.9 Å². The normalized spacial score (nSPS) is 21.7. The molecule has 0 bridgehead atoms. The van der Waals surface area contributed by atoms with Crippen LogP contribution in [-0.4, -0.2) is 96.8 Å². The molecule has 0 saturated carbocycles. The predicted molar refractivity (Wildman–Crippen MR) is 126 cm³/mol. The van der Waals surface area contributed by atoms with Crippen LogP contribution >= 0.6 is 0 Å². The smallest absolute Gasteiger partial charge is 0.300 e. The van der Waals surface area contributed by atoms with Crippen LogP contribution in [0.5, 0.6) is 5.88 Å². The van der Waals surface area contributed by atoms with E-state index in [-0.39, 0.29) is 30.0 Å². The highest BCUT2D eigenvalue weighted by molar-refractivity contribution is 6.06. The first-order valence-corrected chi connectivity index (χ1v) is 11.2. The van der Waals surface area contributed by atoms with Crippen LogP contribution in [0, 0.1) is 0 Å². The molecule has 10 heteroatoms. The number of carbonyl (C=O) groups is 3. The Hall–Kier alpha value is -3.24. The van der Waals surface area contributed by atoms with E-state index in [1.165, 1.54) is 0 Å². The average molecular weight is 473 g/mol. The zero-order valence-electron chi connectivity index (χ0n) is 20.0. The highest BCUT2D eigenvalue weighted by atomic mass is 16.5. The number of rotatable bonds is 5. The number of aromatic nitrogens is 1. The Balaban J connectivity index is 0.000000751. The third-order valence-corrected chi connectivity index (χ3v) is 5.87. The summed E-state index contributed by atoms with van der Waals surface area (Å²) in [5, 5.41) is 11.4. The zero-order valence-corrected chi connectivity index (χ0v) is 20.0. The molecule has 2 aromatic rings. The van der Waals surface area contributed by atoms with Crippen molar-refractivity contribution < 1.29 is 29.0 Å². The van der Waals surface area contributed by atoms with Gasteiger partial charge >= 0.3 is 0 Å². The first kappa shape index (κ1) is 25.4. The maximum absolute atomic E-state index is 13.1. The van der Waals surface area contributed by atoms with Gasteiger partial charge in [0.2, 0.25) is 11.8 Å². The van der Waals surface area contributed by atoms with E-state index in [0.717, 1.165) is 30.8 Å². The van der Waals surface area contributed by atoms with E-state index in [9.17, 15) is 9.59 Å². The monoisotopic (exact) mass is 472 g/mol. The van der Waals surface area contributed by atoms with Gasteiger partial charge in [0.1, 0.15) is 0 Å². The molecule has 0 unspecified atom stereocenters. The van der Waals surface area contributed by atoms with E-state index in [2.05, 4.69) is 15.2 Å². The zero-order chi connectivity index (χ0) is 24.8. The van der Waals surface area contributed by atoms with Crippen molar-refractivity contribution in [3.8, 4) is 5.88 Å². The first-order valence-electron chi connectivity index (χ1n) is 11.2. The van der Waals surface area contributed by atoms with Gasteiger partial charge in [-0.1, -0.05) is 18.2 Å². The number of carboxylic acid groups (broad SMARTS) is 1. The summed E-state index contributed by atoms with van der Waals surface area (Å²) in [5.41, 5.74) is 1.29. The number of morpholine rings is 1. The third kappa shape index (κ3) is 6.42.